The van der Waals surface area contributed by atoms with Gasteiger partial charge in [-0.1, -0.05) is 18.2 Å². The van der Waals surface area contributed by atoms with E-state index >= 15 is 0 Å². The van der Waals surface area contributed by atoms with Crippen LogP contribution in [0.5, 0.6) is 5.75 Å². The van der Waals surface area contributed by atoms with Crippen LogP contribution in [0.25, 0.3) is 0 Å². The van der Waals surface area contributed by atoms with Crippen LogP contribution in [0.1, 0.15) is 39.8 Å². The maximum Gasteiger partial charge on any atom is 0.263 e. The number of thiazole rings is 1. The van der Waals surface area contributed by atoms with Crippen molar-refractivity contribution in [3.8, 4) is 5.75 Å². The van der Waals surface area contributed by atoms with E-state index in [1.54, 1.807) is 0 Å². The van der Waals surface area contributed by atoms with Gasteiger partial charge in [-0.3, -0.25) is 9.59 Å². The molecule has 0 aliphatic heterocycles. The fraction of sp³-hybridized carbons (Fsp3) is 0.222. The van der Waals surface area contributed by atoms with Crippen molar-refractivity contribution in [2.45, 2.75) is 26.5 Å². The zero-order valence-electron chi connectivity index (χ0n) is 14.4. The summed E-state index contributed by atoms with van der Waals surface area (Å²) in [6.45, 7) is 3.82. The second kappa shape index (κ2) is 7.92. The third-order valence-corrected chi connectivity index (χ3v) is 4.44. The Morgan fingerprint density at radius 3 is 2.77 bits per heavy atom. The quantitative estimate of drug-likeness (QED) is 0.695. The van der Waals surface area contributed by atoms with Crippen molar-refractivity contribution in [1.82, 2.24) is 20.3 Å². The fourth-order valence-electron chi connectivity index (χ4n) is 2.26. The van der Waals surface area contributed by atoms with E-state index in [-0.39, 0.29) is 18.2 Å². The van der Waals surface area contributed by atoms with Crippen molar-refractivity contribution in [3.63, 3.8) is 0 Å². The van der Waals surface area contributed by atoms with Gasteiger partial charge in [0.1, 0.15) is 23.7 Å². The average molecular weight is 370 g/mol. The SMILES string of the molecule is Cc1nc([C@@H](C)NC(=O)c2cnc(COc3ccccc3)[nH]c2=O)cs1. The van der Waals surface area contributed by atoms with Crippen molar-refractivity contribution in [2.24, 2.45) is 0 Å². The number of nitrogens with one attached hydrogen (secondary N) is 2. The van der Waals surface area contributed by atoms with Gasteiger partial charge in [-0.25, -0.2) is 9.97 Å². The highest BCUT2D eigenvalue weighted by molar-refractivity contribution is 7.09. The van der Waals surface area contributed by atoms with Crippen LogP contribution in [-0.2, 0) is 6.61 Å². The van der Waals surface area contributed by atoms with E-state index < -0.39 is 11.5 Å². The number of aromatic amines is 1. The van der Waals surface area contributed by atoms with Gasteiger partial charge in [0.05, 0.1) is 16.7 Å². The number of ether oxygens (including phenoxy) is 1. The van der Waals surface area contributed by atoms with Crippen molar-refractivity contribution >= 4 is 17.2 Å². The van der Waals surface area contributed by atoms with Crippen molar-refractivity contribution in [1.29, 1.82) is 0 Å². The molecule has 0 saturated heterocycles. The average Bonchev–Trinajstić information content (AvgIpc) is 3.07. The summed E-state index contributed by atoms with van der Waals surface area (Å²) in [6, 6.07) is 8.90. The summed E-state index contributed by atoms with van der Waals surface area (Å²) >= 11 is 1.51. The molecule has 3 rings (SSSR count). The van der Waals surface area contributed by atoms with Gasteiger partial charge in [0.25, 0.3) is 11.5 Å². The van der Waals surface area contributed by atoms with Gasteiger partial charge in [0, 0.05) is 11.6 Å². The van der Waals surface area contributed by atoms with Crippen LogP contribution in [0.2, 0.25) is 0 Å². The second-order valence-electron chi connectivity index (χ2n) is 5.66. The Balaban J connectivity index is 1.65. The van der Waals surface area contributed by atoms with Gasteiger partial charge in [-0.2, -0.15) is 0 Å². The predicted octanol–water partition coefficient (Wildman–Crippen LogP) is 2.60. The molecule has 0 spiro atoms. The number of aromatic nitrogens is 3. The molecular weight excluding hydrogens is 352 g/mol. The largest absolute Gasteiger partial charge is 0.486 e. The number of hydrogen-bond acceptors (Lipinski definition) is 6. The third-order valence-electron chi connectivity index (χ3n) is 3.64. The first-order valence-corrected chi connectivity index (χ1v) is 8.90. The molecule has 3 aromatic rings. The van der Waals surface area contributed by atoms with Gasteiger partial charge in [-0.05, 0) is 26.0 Å². The summed E-state index contributed by atoms with van der Waals surface area (Å²) in [6.07, 6.45) is 1.26. The number of carbonyl (C=O) groups excluding carboxylic acids is 1. The van der Waals surface area contributed by atoms with E-state index in [2.05, 4.69) is 20.3 Å². The van der Waals surface area contributed by atoms with Crippen LogP contribution in [0.3, 0.4) is 0 Å². The monoisotopic (exact) mass is 370 g/mol. The summed E-state index contributed by atoms with van der Waals surface area (Å²) in [5, 5.41) is 5.56. The summed E-state index contributed by atoms with van der Waals surface area (Å²) < 4.78 is 5.53. The molecule has 0 fully saturated rings. The van der Waals surface area contributed by atoms with Crippen LogP contribution in [0.4, 0.5) is 0 Å². The first-order valence-electron chi connectivity index (χ1n) is 8.02. The Bertz CT molecular complexity index is 952. The molecule has 2 N–H and O–H groups in total. The molecule has 0 unspecified atom stereocenters. The lowest BCUT2D eigenvalue weighted by atomic mass is 10.2. The van der Waals surface area contributed by atoms with E-state index in [4.69, 9.17) is 4.74 Å². The van der Waals surface area contributed by atoms with E-state index in [0.717, 1.165) is 10.7 Å². The lowest BCUT2D eigenvalue weighted by Gasteiger charge is -2.11. The lowest BCUT2D eigenvalue weighted by molar-refractivity contribution is 0.0937. The standard InChI is InChI=1S/C18H18N4O3S/c1-11(15-10-26-12(2)21-15)20-17(23)14-8-19-16(22-18(14)24)9-25-13-6-4-3-5-7-13/h3-8,10-11H,9H2,1-2H3,(H,20,23)(H,19,22,24)/t11-/m1/s1. The Hall–Kier alpha value is -3.00. The first kappa shape index (κ1) is 17.8. The minimum absolute atomic E-state index is 0.0488. The predicted molar refractivity (Wildman–Crippen MR) is 98.4 cm³/mol. The third kappa shape index (κ3) is 4.34. The van der Waals surface area contributed by atoms with Crippen LogP contribution >= 0.6 is 11.3 Å². The van der Waals surface area contributed by atoms with Gasteiger partial charge >= 0.3 is 0 Å². The second-order valence-corrected chi connectivity index (χ2v) is 6.72. The molecule has 0 saturated carbocycles. The maximum absolute atomic E-state index is 12.3. The molecule has 26 heavy (non-hydrogen) atoms. The molecule has 134 valence electrons. The van der Waals surface area contributed by atoms with Gasteiger partial charge in [0.2, 0.25) is 0 Å². The summed E-state index contributed by atoms with van der Waals surface area (Å²) in [5.74, 6) is 0.523. The van der Waals surface area contributed by atoms with Gasteiger partial charge in [-0.15, -0.1) is 11.3 Å². The Morgan fingerprint density at radius 1 is 1.35 bits per heavy atom. The van der Waals surface area contributed by atoms with E-state index in [0.29, 0.717) is 11.6 Å². The van der Waals surface area contributed by atoms with E-state index in [1.807, 2.05) is 49.6 Å². The number of aryl methyl sites for hydroxylation is 1. The van der Waals surface area contributed by atoms with E-state index in [1.165, 1.54) is 17.5 Å². The van der Waals surface area contributed by atoms with Crippen molar-refractivity contribution in [2.75, 3.05) is 0 Å². The molecule has 8 heteroatoms. The Kier molecular flexibility index (Phi) is 5.43. The summed E-state index contributed by atoms with van der Waals surface area (Å²) in [7, 11) is 0. The van der Waals surface area contributed by atoms with Gasteiger partial charge in [0.15, 0.2) is 0 Å². The van der Waals surface area contributed by atoms with Gasteiger partial charge < -0.3 is 15.0 Å². The van der Waals surface area contributed by atoms with Crippen LogP contribution in [0.15, 0.2) is 46.7 Å². The van der Waals surface area contributed by atoms with Crippen molar-refractivity contribution < 1.29 is 9.53 Å². The molecule has 1 amide bonds. The topological polar surface area (TPSA) is 97.0 Å². The maximum atomic E-state index is 12.3. The smallest absolute Gasteiger partial charge is 0.263 e. The first-order chi connectivity index (χ1) is 12.5. The fourth-order valence-corrected chi connectivity index (χ4v) is 2.97. The summed E-state index contributed by atoms with van der Waals surface area (Å²) in [5.41, 5.74) is 0.205. The number of benzene rings is 1. The molecule has 0 radical (unpaired) electrons. The lowest BCUT2D eigenvalue weighted by Crippen LogP contribution is -2.32. The number of carbonyl (C=O) groups is 1. The minimum atomic E-state index is -0.508. The molecule has 1 aromatic carbocycles. The van der Waals surface area contributed by atoms with Crippen molar-refractivity contribution in [3.05, 3.63) is 74.4 Å². The molecule has 0 aliphatic rings. The minimum Gasteiger partial charge on any atom is -0.486 e. The van der Waals surface area contributed by atoms with Crippen LogP contribution < -0.4 is 15.6 Å². The molecular formula is C18H18N4O3S. The number of hydrogen-bond donors (Lipinski definition) is 2. The molecule has 0 bridgehead atoms. The highest BCUT2D eigenvalue weighted by Gasteiger charge is 2.17. The normalized spacial score (nSPS) is 11.8. The molecule has 2 heterocycles. The van der Waals surface area contributed by atoms with Crippen LogP contribution in [0, 0.1) is 6.92 Å². The van der Waals surface area contributed by atoms with E-state index in [9.17, 15) is 9.59 Å². The zero-order chi connectivity index (χ0) is 18.5. The molecule has 7 nitrogen and oxygen atoms in total. The number of rotatable bonds is 6. The molecule has 1 atom stereocenters. The Labute approximate surface area is 154 Å². The summed E-state index contributed by atoms with van der Waals surface area (Å²) in [4.78, 5) is 35.5. The highest BCUT2D eigenvalue weighted by atomic mass is 32.1. The number of amides is 1. The molecule has 2 aromatic heterocycles. The number of para-hydroxylation sites is 1. The Morgan fingerprint density at radius 2 is 2.12 bits per heavy atom. The van der Waals surface area contributed by atoms with Crippen LogP contribution in [-0.4, -0.2) is 20.9 Å². The highest BCUT2D eigenvalue weighted by Crippen LogP contribution is 2.16. The zero-order valence-corrected chi connectivity index (χ0v) is 15.2. The number of nitrogens with zero attached hydrogens (tertiary/aromatic N) is 2. The number of H-pyrrole nitrogens is 1. The molecule has 0 aliphatic carbocycles.